The molecule has 0 heterocycles. The number of nitrogens with one attached hydrogen (secondary N) is 1. The fraction of sp³-hybridized carbons (Fsp3) is 0.500. The molecule has 0 aliphatic carbocycles. The number of primary amides is 1. The summed E-state index contributed by atoms with van der Waals surface area (Å²) in [6, 6.07) is -0.940. The minimum Gasteiger partial charge on any atom is -0.350 e. The van der Waals surface area contributed by atoms with Gasteiger partial charge >= 0.3 is 6.03 Å². The molecular formula is C2H8N2O5S. The third kappa shape index (κ3) is 207. The van der Waals surface area contributed by atoms with Crippen LogP contribution in [0.15, 0.2) is 0 Å². The van der Waals surface area contributed by atoms with E-state index >= 15 is 0 Å². The molecule has 0 aromatic carbocycles. The summed E-state index contributed by atoms with van der Waals surface area (Å²) in [5.74, 6) is 0. The predicted octanol–water partition coefficient (Wildman–Crippen LogP) is -1.45. The number of nitrogens with two attached hydrogens (primary N) is 1. The van der Waals surface area contributed by atoms with Gasteiger partial charge in [-0.3, -0.25) is 9.76 Å². The van der Waals surface area contributed by atoms with Crippen molar-refractivity contribution >= 4 is 16.1 Å². The van der Waals surface area contributed by atoms with Gasteiger partial charge in [0.1, 0.15) is 0 Å². The first kappa shape index (κ1) is 11.9. The van der Waals surface area contributed by atoms with Gasteiger partial charge in [0, 0.05) is 0 Å². The number of carbonyl (C=O) groups is 1. The van der Waals surface area contributed by atoms with Crippen molar-refractivity contribution in [3.63, 3.8) is 0 Å². The molecule has 0 atom stereocenters. The molecule has 0 aliphatic heterocycles. The molecule has 0 rings (SSSR count). The van der Waals surface area contributed by atoms with Crippen LogP contribution in [-0.4, -0.2) is 30.5 Å². The van der Waals surface area contributed by atoms with E-state index in [-0.39, 0.29) is 0 Å². The van der Waals surface area contributed by atoms with E-state index in [1.807, 2.05) is 0 Å². The van der Waals surface area contributed by atoms with Gasteiger partial charge in [-0.2, -0.15) is 8.42 Å². The van der Waals surface area contributed by atoms with Crippen molar-refractivity contribution in [2.75, 3.05) is 6.26 Å². The Balaban J connectivity index is 0. The van der Waals surface area contributed by atoms with Crippen LogP contribution in [0.2, 0.25) is 0 Å². The van der Waals surface area contributed by atoms with Crippen LogP contribution in [0.5, 0.6) is 0 Å². The van der Waals surface area contributed by atoms with Crippen LogP contribution in [0, 0.1) is 0 Å². The predicted molar refractivity (Wildman–Crippen MR) is 32.0 cm³/mol. The second kappa shape index (κ2) is 4.97. The van der Waals surface area contributed by atoms with Gasteiger partial charge < -0.3 is 5.73 Å². The third-order valence-corrected chi connectivity index (χ3v) is 0.110. The van der Waals surface area contributed by atoms with E-state index in [9.17, 15) is 13.2 Å². The average Bonchev–Trinajstić information content (AvgIpc) is 1.61. The third-order valence-electron chi connectivity index (χ3n) is 0.110. The number of hydrogen-bond acceptors (Lipinski definition) is 4. The van der Waals surface area contributed by atoms with Gasteiger partial charge in [-0.05, 0) is 0 Å². The molecule has 0 saturated carbocycles. The fourth-order valence-corrected chi connectivity index (χ4v) is 0. The second-order valence-corrected chi connectivity index (χ2v) is 2.68. The van der Waals surface area contributed by atoms with Crippen molar-refractivity contribution < 1.29 is 23.0 Å². The van der Waals surface area contributed by atoms with Crippen molar-refractivity contribution in [3.05, 3.63) is 0 Å². The molecule has 0 aromatic heterocycles. The Kier molecular flexibility index (Phi) is 5.90. The monoisotopic (exact) mass is 172 g/mol. The number of rotatable bonds is 0. The van der Waals surface area contributed by atoms with Crippen LogP contribution < -0.4 is 11.2 Å². The summed E-state index contributed by atoms with van der Waals surface area (Å²) in [7, 11) is -3.67. The van der Waals surface area contributed by atoms with Crippen LogP contribution in [0.1, 0.15) is 0 Å². The van der Waals surface area contributed by atoms with Gasteiger partial charge in [0.15, 0.2) is 0 Å². The molecule has 0 saturated heterocycles. The molecular weight excluding hydrogens is 164 g/mol. The van der Waals surface area contributed by atoms with Gasteiger partial charge in [-0.25, -0.2) is 10.3 Å². The molecule has 0 spiro atoms. The zero-order chi connectivity index (χ0) is 8.78. The Hall–Kier alpha value is -0.860. The Morgan fingerprint density at radius 2 is 1.70 bits per heavy atom. The number of hydroxylamine groups is 1. The van der Waals surface area contributed by atoms with Crippen LogP contribution in [0.25, 0.3) is 0 Å². The van der Waals surface area contributed by atoms with Crippen molar-refractivity contribution in [2.24, 2.45) is 5.73 Å². The molecule has 5 N–H and O–H groups in total. The van der Waals surface area contributed by atoms with Gasteiger partial charge in [-0.15, -0.1) is 0 Å². The first-order chi connectivity index (χ1) is 4.27. The van der Waals surface area contributed by atoms with Crippen molar-refractivity contribution in [3.8, 4) is 0 Å². The molecule has 0 fully saturated rings. The van der Waals surface area contributed by atoms with E-state index in [1.54, 1.807) is 0 Å². The van der Waals surface area contributed by atoms with E-state index in [2.05, 4.69) is 5.73 Å². The summed E-state index contributed by atoms with van der Waals surface area (Å²) in [4.78, 5) is 9.23. The van der Waals surface area contributed by atoms with Crippen LogP contribution in [0.3, 0.4) is 0 Å². The Labute approximate surface area is 57.5 Å². The summed E-state index contributed by atoms with van der Waals surface area (Å²) in [5.41, 5.74) is 5.46. The highest BCUT2D eigenvalue weighted by atomic mass is 32.2. The molecule has 0 aliphatic rings. The molecule has 10 heavy (non-hydrogen) atoms. The summed E-state index contributed by atoms with van der Waals surface area (Å²) in [5, 5.41) is 7.42. The molecule has 7 nitrogen and oxygen atoms in total. The standard InChI is InChI=1S/CH4N2O2.CH4O3S/c2-1(4)3-5;1-5(2,3)4/h5H,(H3,2,3,4);1H3,(H,2,3,4). The van der Waals surface area contributed by atoms with Crippen molar-refractivity contribution in [2.45, 2.75) is 0 Å². The van der Waals surface area contributed by atoms with Crippen LogP contribution in [-0.2, 0) is 10.1 Å². The lowest BCUT2D eigenvalue weighted by Gasteiger charge is -1.79. The van der Waals surface area contributed by atoms with Crippen molar-refractivity contribution in [1.82, 2.24) is 5.48 Å². The highest BCUT2D eigenvalue weighted by molar-refractivity contribution is 7.85. The summed E-state index contributed by atoms with van der Waals surface area (Å²) >= 11 is 0. The quantitative estimate of drug-likeness (QED) is 0.202. The molecule has 0 radical (unpaired) electrons. The molecule has 0 unspecified atom stereocenters. The maximum atomic E-state index is 9.23. The lowest BCUT2D eigenvalue weighted by Crippen LogP contribution is -2.25. The van der Waals surface area contributed by atoms with Crippen LogP contribution >= 0.6 is 0 Å². The van der Waals surface area contributed by atoms with Crippen molar-refractivity contribution in [1.29, 1.82) is 0 Å². The number of hydrogen-bond donors (Lipinski definition) is 4. The zero-order valence-electron chi connectivity index (χ0n) is 5.10. The van der Waals surface area contributed by atoms with E-state index in [1.165, 1.54) is 5.48 Å². The van der Waals surface area contributed by atoms with Crippen LogP contribution in [0.4, 0.5) is 4.79 Å². The highest BCUT2D eigenvalue weighted by Gasteiger charge is 1.81. The zero-order valence-corrected chi connectivity index (χ0v) is 5.92. The second-order valence-electron chi connectivity index (χ2n) is 1.21. The normalized spacial score (nSPS) is 9.10. The summed E-state index contributed by atoms with van der Waals surface area (Å²) in [6.07, 6.45) is 0.715. The number of amides is 2. The Morgan fingerprint density at radius 3 is 1.70 bits per heavy atom. The molecule has 62 valence electrons. The van der Waals surface area contributed by atoms with Gasteiger partial charge in [0.2, 0.25) is 0 Å². The maximum absolute atomic E-state index is 9.23. The number of urea groups is 1. The van der Waals surface area contributed by atoms with Gasteiger partial charge in [-0.1, -0.05) is 0 Å². The summed E-state index contributed by atoms with van der Waals surface area (Å²) in [6.45, 7) is 0. The summed E-state index contributed by atoms with van der Waals surface area (Å²) < 4.78 is 25.9. The number of carbonyl (C=O) groups excluding carboxylic acids is 1. The minimum atomic E-state index is -3.67. The van der Waals surface area contributed by atoms with Gasteiger partial charge in [0.25, 0.3) is 10.1 Å². The lowest BCUT2D eigenvalue weighted by atomic mass is 11.2. The van der Waals surface area contributed by atoms with E-state index in [0.717, 1.165) is 0 Å². The maximum Gasteiger partial charge on any atom is 0.335 e. The molecule has 8 heteroatoms. The molecule has 0 bridgehead atoms. The molecule has 0 aromatic rings. The van der Waals surface area contributed by atoms with E-state index in [0.29, 0.717) is 6.26 Å². The first-order valence-electron chi connectivity index (χ1n) is 1.89. The largest absolute Gasteiger partial charge is 0.350 e. The first-order valence-corrected chi connectivity index (χ1v) is 3.74. The Morgan fingerprint density at radius 1 is 1.60 bits per heavy atom. The fourth-order valence-electron chi connectivity index (χ4n) is 0. The Bertz CT molecular complexity index is 176. The highest BCUT2D eigenvalue weighted by Crippen LogP contribution is 1.60. The van der Waals surface area contributed by atoms with E-state index < -0.39 is 16.1 Å². The average molecular weight is 172 g/mol. The topological polar surface area (TPSA) is 130 Å². The smallest absolute Gasteiger partial charge is 0.335 e. The molecule has 2 amide bonds. The van der Waals surface area contributed by atoms with E-state index in [4.69, 9.17) is 9.76 Å². The van der Waals surface area contributed by atoms with Gasteiger partial charge in [0.05, 0.1) is 6.26 Å². The SMILES string of the molecule is CS(=O)(=O)O.NC(=O)NO. The lowest BCUT2D eigenvalue weighted by molar-refractivity contribution is 0.169. The minimum absolute atomic E-state index is 0.715.